The minimum absolute atomic E-state index is 0.286. The predicted octanol–water partition coefficient (Wildman–Crippen LogP) is 1.70. The number of carbonyl (C=O) groups excluding carboxylic acids is 3. The zero-order valence-electron chi connectivity index (χ0n) is 14.2. The number of hydrogen-bond acceptors (Lipinski definition) is 5. The Morgan fingerprint density at radius 1 is 1.12 bits per heavy atom. The Morgan fingerprint density at radius 3 is 2.40 bits per heavy atom. The van der Waals surface area contributed by atoms with E-state index in [0.717, 1.165) is 36.4 Å². The lowest BCUT2D eigenvalue weighted by Crippen LogP contribution is -2.60. The number of amides is 4. The molecular formula is C18H22N4O3. The normalized spacial score (nSPS) is 21.9. The number of piperidine rings is 1. The Kier molecular flexibility index (Phi) is 4.85. The molecule has 0 bridgehead atoms. The molecule has 4 amide bonds. The molecule has 2 N–H and O–H groups in total. The molecule has 7 heteroatoms. The van der Waals surface area contributed by atoms with E-state index in [0.29, 0.717) is 5.69 Å². The van der Waals surface area contributed by atoms with Crippen LogP contribution >= 0.6 is 0 Å². The zero-order valence-corrected chi connectivity index (χ0v) is 14.2. The van der Waals surface area contributed by atoms with Crippen molar-refractivity contribution < 1.29 is 14.4 Å². The van der Waals surface area contributed by atoms with Crippen LogP contribution in [0.1, 0.15) is 24.8 Å². The number of rotatable bonds is 4. The number of urea groups is 1. The molecule has 1 aromatic rings. The minimum atomic E-state index is -1.14. The molecule has 2 saturated heterocycles. The molecule has 3 rings (SSSR count). The number of hydrazine groups is 1. The Morgan fingerprint density at radius 2 is 1.76 bits per heavy atom. The summed E-state index contributed by atoms with van der Waals surface area (Å²) in [5, 5.41) is 4.21. The Hall–Kier alpha value is -2.67. The lowest BCUT2D eigenvalue weighted by molar-refractivity contribution is -0.133. The largest absolute Gasteiger partial charge is 0.335 e. The highest BCUT2D eigenvalue weighted by molar-refractivity contribution is 6.28. The average molecular weight is 342 g/mol. The van der Waals surface area contributed by atoms with E-state index in [9.17, 15) is 14.4 Å². The molecule has 1 atom stereocenters. The molecule has 132 valence electrons. The maximum Gasteiger partial charge on any atom is 0.335 e. The van der Waals surface area contributed by atoms with Gasteiger partial charge in [0.25, 0.3) is 5.91 Å². The summed E-state index contributed by atoms with van der Waals surface area (Å²) >= 11 is 0. The van der Waals surface area contributed by atoms with Crippen LogP contribution in [0.2, 0.25) is 0 Å². The van der Waals surface area contributed by atoms with Crippen LogP contribution in [0, 0.1) is 12.8 Å². The van der Waals surface area contributed by atoms with E-state index in [1.54, 1.807) is 12.1 Å². The van der Waals surface area contributed by atoms with Crippen molar-refractivity contribution in [2.45, 2.75) is 26.2 Å². The van der Waals surface area contributed by atoms with E-state index in [2.05, 4.69) is 17.3 Å². The van der Waals surface area contributed by atoms with Crippen LogP contribution in [0.25, 0.3) is 0 Å². The van der Waals surface area contributed by atoms with Crippen molar-refractivity contribution in [3.63, 3.8) is 0 Å². The molecular weight excluding hydrogens is 320 g/mol. The summed E-state index contributed by atoms with van der Waals surface area (Å²) in [5.74, 6) is -2.37. The van der Waals surface area contributed by atoms with Crippen LogP contribution in [0.3, 0.4) is 0 Å². The predicted molar refractivity (Wildman–Crippen MR) is 93.4 cm³/mol. The number of carbonyl (C=O) groups is 3. The highest BCUT2D eigenvalue weighted by atomic mass is 16.2. The van der Waals surface area contributed by atoms with Crippen molar-refractivity contribution in [2.24, 2.45) is 5.92 Å². The molecule has 2 heterocycles. The number of barbiturate groups is 1. The maximum absolute atomic E-state index is 12.8. The van der Waals surface area contributed by atoms with Gasteiger partial charge in [-0.25, -0.2) is 14.7 Å². The van der Waals surface area contributed by atoms with Gasteiger partial charge in [-0.1, -0.05) is 30.7 Å². The van der Waals surface area contributed by atoms with Crippen LogP contribution in [-0.4, -0.2) is 35.9 Å². The first kappa shape index (κ1) is 17.2. The van der Waals surface area contributed by atoms with Gasteiger partial charge in [0.2, 0.25) is 5.91 Å². The number of benzene rings is 1. The van der Waals surface area contributed by atoms with Gasteiger partial charge in [-0.2, -0.15) is 0 Å². The summed E-state index contributed by atoms with van der Waals surface area (Å²) in [5.41, 5.74) is 4.79. The van der Waals surface area contributed by atoms with Crippen molar-refractivity contribution in [1.29, 1.82) is 0 Å². The SMILES string of the molecule is C=C(NN1CCCCC1)[C@@H]1C(=O)NC(=O)N(c2ccc(C)cc2)C1=O. The van der Waals surface area contributed by atoms with E-state index in [1.165, 1.54) is 6.42 Å². The van der Waals surface area contributed by atoms with Crippen LogP contribution in [0.4, 0.5) is 10.5 Å². The standard InChI is InChI=1S/C18H22N4O3/c1-12-6-8-14(9-7-12)22-17(24)15(16(23)19-18(22)25)13(2)20-21-10-4-3-5-11-21/h6-9,15,20H,2-5,10-11H2,1H3,(H,19,23,25)/t15-/m1/s1. The van der Waals surface area contributed by atoms with E-state index in [4.69, 9.17) is 0 Å². The molecule has 0 aromatic heterocycles. The summed E-state index contributed by atoms with van der Waals surface area (Å²) in [7, 11) is 0. The first-order valence-electron chi connectivity index (χ1n) is 8.43. The van der Waals surface area contributed by atoms with Crippen molar-refractivity contribution in [2.75, 3.05) is 18.0 Å². The maximum atomic E-state index is 12.8. The van der Waals surface area contributed by atoms with Crippen molar-refractivity contribution in [1.82, 2.24) is 15.8 Å². The van der Waals surface area contributed by atoms with E-state index >= 15 is 0 Å². The van der Waals surface area contributed by atoms with Crippen molar-refractivity contribution in [3.05, 3.63) is 42.1 Å². The molecule has 2 aliphatic rings. The molecule has 0 saturated carbocycles. The summed E-state index contributed by atoms with van der Waals surface area (Å²) in [6, 6.07) is 6.24. The van der Waals surface area contributed by atoms with E-state index in [-0.39, 0.29) is 5.70 Å². The lowest BCUT2D eigenvalue weighted by Gasteiger charge is -2.34. The molecule has 0 radical (unpaired) electrons. The van der Waals surface area contributed by atoms with Crippen molar-refractivity contribution >= 4 is 23.5 Å². The van der Waals surface area contributed by atoms with Crippen LogP contribution in [0.15, 0.2) is 36.5 Å². The van der Waals surface area contributed by atoms with E-state index in [1.807, 2.05) is 24.1 Å². The molecule has 2 fully saturated rings. The van der Waals surface area contributed by atoms with E-state index < -0.39 is 23.8 Å². The van der Waals surface area contributed by atoms with Crippen LogP contribution in [-0.2, 0) is 9.59 Å². The second-order valence-electron chi connectivity index (χ2n) is 6.42. The molecule has 0 spiro atoms. The number of aryl methyl sites for hydroxylation is 1. The average Bonchev–Trinajstić information content (AvgIpc) is 2.57. The fraction of sp³-hybridized carbons (Fsp3) is 0.389. The third kappa shape index (κ3) is 3.56. The van der Waals surface area contributed by atoms with Gasteiger partial charge in [-0.15, -0.1) is 0 Å². The lowest BCUT2D eigenvalue weighted by atomic mass is 10.0. The molecule has 25 heavy (non-hydrogen) atoms. The monoisotopic (exact) mass is 342 g/mol. The number of nitrogens with one attached hydrogen (secondary N) is 2. The van der Waals surface area contributed by atoms with Gasteiger partial charge in [0.05, 0.1) is 5.69 Å². The van der Waals surface area contributed by atoms with Crippen LogP contribution in [0.5, 0.6) is 0 Å². The van der Waals surface area contributed by atoms with Gasteiger partial charge < -0.3 is 5.43 Å². The first-order valence-corrected chi connectivity index (χ1v) is 8.43. The third-order valence-corrected chi connectivity index (χ3v) is 4.46. The third-order valence-electron chi connectivity index (χ3n) is 4.46. The Labute approximate surface area is 146 Å². The second kappa shape index (κ2) is 7.06. The topological polar surface area (TPSA) is 81.8 Å². The molecule has 2 aliphatic heterocycles. The fourth-order valence-corrected chi connectivity index (χ4v) is 3.09. The van der Waals surface area contributed by atoms with Gasteiger partial charge in [0, 0.05) is 18.8 Å². The van der Waals surface area contributed by atoms with Gasteiger partial charge in [0.1, 0.15) is 0 Å². The summed E-state index contributed by atoms with van der Waals surface area (Å²) < 4.78 is 0. The summed E-state index contributed by atoms with van der Waals surface area (Å²) in [4.78, 5) is 38.2. The summed E-state index contributed by atoms with van der Waals surface area (Å²) in [6.45, 7) is 7.45. The zero-order chi connectivity index (χ0) is 18.0. The molecule has 7 nitrogen and oxygen atoms in total. The summed E-state index contributed by atoms with van der Waals surface area (Å²) in [6.07, 6.45) is 3.28. The number of hydrogen-bond donors (Lipinski definition) is 2. The molecule has 0 unspecified atom stereocenters. The number of imide groups is 2. The second-order valence-corrected chi connectivity index (χ2v) is 6.42. The molecule has 1 aromatic carbocycles. The van der Waals surface area contributed by atoms with Crippen LogP contribution < -0.4 is 15.6 Å². The number of anilines is 1. The van der Waals surface area contributed by atoms with Crippen molar-refractivity contribution in [3.8, 4) is 0 Å². The number of nitrogens with zero attached hydrogens (tertiary/aromatic N) is 2. The Balaban J connectivity index is 1.79. The highest BCUT2D eigenvalue weighted by Gasteiger charge is 2.43. The van der Waals surface area contributed by atoms with Gasteiger partial charge >= 0.3 is 6.03 Å². The Bertz CT molecular complexity index is 708. The van der Waals surface area contributed by atoms with Gasteiger partial charge in [-0.3, -0.25) is 14.9 Å². The first-order chi connectivity index (χ1) is 12.0. The molecule has 0 aliphatic carbocycles. The quantitative estimate of drug-likeness (QED) is 0.814. The van der Waals surface area contributed by atoms with Gasteiger partial charge in [-0.05, 0) is 31.9 Å². The van der Waals surface area contributed by atoms with Gasteiger partial charge in [0.15, 0.2) is 5.92 Å². The minimum Gasteiger partial charge on any atom is -0.322 e. The highest BCUT2D eigenvalue weighted by Crippen LogP contribution is 2.24. The fourth-order valence-electron chi connectivity index (χ4n) is 3.09. The smallest absolute Gasteiger partial charge is 0.322 e.